The molecule has 102 valence electrons. The van der Waals surface area contributed by atoms with E-state index in [1.165, 1.54) is 6.20 Å². The monoisotopic (exact) mass is 282 g/mol. The number of nitrogens with one attached hydrogen (secondary N) is 1. The van der Waals surface area contributed by atoms with Crippen LogP contribution in [-0.4, -0.2) is 18.7 Å². The third-order valence-electron chi connectivity index (χ3n) is 2.52. The van der Waals surface area contributed by atoms with Crippen LogP contribution in [0.4, 0.5) is 0 Å². The van der Waals surface area contributed by atoms with Gasteiger partial charge in [-0.1, -0.05) is 29.4 Å². The van der Waals surface area contributed by atoms with Gasteiger partial charge in [0, 0.05) is 6.07 Å². The van der Waals surface area contributed by atoms with Gasteiger partial charge in [-0.2, -0.15) is 0 Å². The molecule has 0 unspecified atom stereocenters. The third-order valence-corrected chi connectivity index (χ3v) is 3.82. The van der Waals surface area contributed by atoms with Gasteiger partial charge >= 0.3 is 0 Å². The second-order valence-electron chi connectivity index (χ2n) is 4.03. The fraction of sp³-hybridized carbons (Fsp3) is 0.250. The predicted octanol–water partition coefficient (Wildman–Crippen LogP) is 0.787. The lowest BCUT2D eigenvalue weighted by atomic mass is 10.2. The molecule has 0 atom stereocenters. The summed E-state index contributed by atoms with van der Waals surface area (Å²) in [5.41, 5.74) is 1.40. The van der Waals surface area contributed by atoms with Gasteiger partial charge in [-0.25, -0.2) is 13.1 Å². The highest BCUT2D eigenvalue weighted by atomic mass is 32.2. The van der Waals surface area contributed by atoms with Crippen molar-refractivity contribution >= 4 is 10.0 Å². The molecule has 0 saturated heterocycles. The molecule has 6 nitrogen and oxygen atoms in total. The maximum Gasteiger partial charge on any atom is 0.216 e. The molecule has 0 aliphatic carbocycles. The van der Waals surface area contributed by atoms with Gasteiger partial charge in [-0.15, -0.1) is 0 Å². The zero-order valence-electron chi connectivity index (χ0n) is 10.1. The molecule has 0 aliphatic heterocycles. The second kappa shape index (κ2) is 5.96. The summed E-state index contributed by atoms with van der Waals surface area (Å²) in [6, 6.07) is 8.35. The molecular formula is C12H14N2O4S. The number of aromatic nitrogens is 1. The Morgan fingerprint density at radius 2 is 1.84 bits per heavy atom. The molecule has 19 heavy (non-hydrogen) atoms. The first-order valence-corrected chi connectivity index (χ1v) is 7.30. The van der Waals surface area contributed by atoms with E-state index < -0.39 is 10.0 Å². The van der Waals surface area contributed by atoms with Crippen LogP contribution in [0.5, 0.6) is 0 Å². The van der Waals surface area contributed by atoms with Crippen LogP contribution in [0, 0.1) is 0 Å². The molecule has 0 saturated carbocycles. The summed E-state index contributed by atoms with van der Waals surface area (Å²) in [4.78, 5) is 0. The zero-order valence-corrected chi connectivity index (χ0v) is 10.9. The van der Waals surface area contributed by atoms with Gasteiger partial charge in [0.15, 0.2) is 5.76 Å². The highest BCUT2D eigenvalue weighted by molar-refractivity contribution is 7.88. The Balaban J connectivity index is 1.96. The van der Waals surface area contributed by atoms with Gasteiger partial charge in [0.2, 0.25) is 10.0 Å². The molecule has 7 heteroatoms. The summed E-state index contributed by atoms with van der Waals surface area (Å²) in [5, 5.41) is 12.4. The van der Waals surface area contributed by atoms with E-state index in [2.05, 4.69) is 9.88 Å². The summed E-state index contributed by atoms with van der Waals surface area (Å²) in [6.45, 7) is 0.0217. The highest BCUT2D eigenvalue weighted by Crippen LogP contribution is 2.08. The number of aliphatic hydroxyl groups excluding tert-OH is 1. The molecule has 0 aliphatic rings. The summed E-state index contributed by atoms with van der Waals surface area (Å²) < 4.78 is 30.9. The molecule has 1 heterocycles. The van der Waals surface area contributed by atoms with Crippen molar-refractivity contribution in [2.75, 3.05) is 0 Å². The minimum atomic E-state index is -3.43. The van der Waals surface area contributed by atoms with Crippen LogP contribution in [0.15, 0.2) is 41.1 Å². The fourth-order valence-electron chi connectivity index (χ4n) is 1.53. The van der Waals surface area contributed by atoms with Crippen LogP contribution >= 0.6 is 0 Å². The van der Waals surface area contributed by atoms with Crippen molar-refractivity contribution in [2.24, 2.45) is 0 Å². The Hall–Kier alpha value is -1.70. The molecule has 0 amide bonds. The van der Waals surface area contributed by atoms with Crippen LogP contribution in [0.3, 0.4) is 0 Å². The smallest absolute Gasteiger partial charge is 0.216 e. The summed E-state index contributed by atoms with van der Waals surface area (Å²) in [5.74, 6) is 0.339. The summed E-state index contributed by atoms with van der Waals surface area (Å²) >= 11 is 0. The van der Waals surface area contributed by atoms with Crippen molar-refractivity contribution in [3.63, 3.8) is 0 Å². The van der Waals surface area contributed by atoms with Gasteiger partial charge < -0.3 is 9.63 Å². The Morgan fingerprint density at radius 1 is 1.16 bits per heavy atom. The van der Waals surface area contributed by atoms with Crippen molar-refractivity contribution in [3.8, 4) is 0 Å². The van der Waals surface area contributed by atoms with E-state index in [-0.39, 0.29) is 18.9 Å². The van der Waals surface area contributed by atoms with E-state index in [1.54, 1.807) is 30.3 Å². The van der Waals surface area contributed by atoms with Crippen LogP contribution in [-0.2, 0) is 28.9 Å². The minimum Gasteiger partial charge on any atom is -0.392 e. The Morgan fingerprint density at radius 3 is 2.42 bits per heavy atom. The largest absolute Gasteiger partial charge is 0.392 e. The molecule has 2 rings (SSSR count). The summed E-state index contributed by atoms with van der Waals surface area (Å²) in [7, 11) is -3.43. The van der Waals surface area contributed by atoms with Crippen LogP contribution in [0.2, 0.25) is 0 Å². The third kappa shape index (κ3) is 4.16. The van der Waals surface area contributed by atoms with Crippen molar-refractivity contribution < 1.29 is 18.0 Å². The molecular weight excluding hydrogens is 268 g/mol. The minimum absolute atomic E-state index is 0.0588. The molecule has 1 aromatic heterocycles. The molecule has 2 N–H and O–H groups in total. The maximum atomic E-state index is 11.8. The van der Waals surface area contributed by atoms with Gasteiger partial charge in [0.25, 0.3) is 0 Å². The maximum absolute atomic E-state index is 11.8. The van der Waals surface area contributed by atoms with E-state index in [4.69, 9.17) is 9.63 Å². The number of sulfonamides is 1. The molecule has 0 bridgehead atoms. The Labute approximate surface area is 111 Å². The number of nitrogens with zero attached hydrogens (tertiary/aromatic N) is 1. The number of hydrogen-bond donors (Lipinski definition) is 2. The van der Waals surface area contributed by atoms with Crippen LogP contribution in [0.1, 0.15) is 16.9 Å². The topological polar surface area (TPSA) is 92.4 Å². The summed E-state index contributed by atoms with van der Waals surface area (Å²) in [6.07, 6.45) is 1.46. The van der Waals surface area contributed by atoms with E-state index in [0.29, 0.717) is 11.3 Å². The van der Waals surface area contributed by atoms with E-state index in [1.807, 2.05) is 0 Å². The number of aliphatic hydroxyl groups is 1. The average molecular weight is 282 g/mol. The number of rotatable bonds is 6. The van der Waals surface area contributed by atoms with Crippen molar-refractivity contribution in [2.45, 2.75) is 18.9 Å². The average Bonchev–Trinajstić information content (AvgIpc) is 2.90. The van der Waals surface area contributed by atoms with Gasteiger partial charge in [-0.3, -0.25) is 0 Å². The van der Waals surface area contributed by atoms with Crippen molar-refractivity contribution in [1.82, 2.24) is 9.88 Å². The molecule has 0 fully saturated rings. The Kier molecular flexibility index (Phi) is 4.31. The molecule has 0 radical (unpaired) electrons. The lowest BCUT2D eigenvalue weighted by Crippen LogP contribution is -2.24. The molecule has 0 spiro atoms. The van der Waals surface area contributed by atoms with E-state index in [9.17, 15) is 8.42 Å². The molecule has 1 aromatic carbocycles. The standard InChI is InChI=1S/C12H14N2O4S/c15-8-10-1-3-11(4-2-10)9-19(16,17)14-7-12-5-6-13-18-12/h1-6,14-15H,7-9H2. The van der Waals surface area contributed by atoms with Gasteiger partial charge in [0.05, 0.1) is 25.1 Å². The van der Waals surface area contributed by atoms with E-state index >= 15 is 0 Å². The van der Waals surface area contributed by atoms with Gasteiger partial charge in [0.1, 0.15) is 0 Å². The fourth-order valence-corrected chi connectivity index (χ4v) is 2.62. The lowest BCUT2D eigenvalue weighted by molar-refractivity contribution is 0.282. The van der Waals surface area contributed by atoms with Crippen LogP contribution in [0.25, 0.3) is 0 Å². The first kappa shape index (κ1) is 13.7. The second-order valence-corrected chi connectivity index (χ2v) is 5.84. The first-order valence-electron chi connectivity index (χ1n) is 5.64. The highest BCUT2D eigenvalue weighted by Gasteiger charge is 2.12. The van der Waals surface area contributed by atoms with Crippen molar-refractivity contribution in [3.05, 3.63) is 53.4 Å². The van der Waals surface area contributed by atoms with Crippen LogP contribution < -0.4 is 4.72 Å². The SMILES string of the molecule is O=S(=O)(Cc1ccc(CO)cc1)NCc1ccno1. The molecule has 2 aromatic rings. The number of benzene rings is 1. The van der Waals surface area contributed by atoms with Gasteiger partial charge in [-0.05, 0) is 11.1 Å². The van der Waals surface area contributed by atoms with E-state index in [0.717, 1.165) is 5.56 Å². The first-order chi connectivity index (χ1) is 9.09. The van der Waals surface area contributed by atoms with Crippen molar-refractivity contribution in [1.29, 1.82) is 0 Å². The quantitative estimate of drug-likeness (QED) is 0.817. The number of hydrogen-bond acceptors (Lipinski definition) is 5. The Bertz CT molecular complexity index is 606. The predicted molar refractivity (Wildman–Crippen MR) is 68.3 cm³/mol. The lowest BCUT2D eigenvalue weighted by Gasteiger charge is -2.05. The normalized spacial score (nSPS) is 11.6. The zero-order chi connectivity index (χ0) is 13.7.